The van der Waals surface area contributed by atoms with Crippen molar-refractivity contribution >= 4 is 11.6 Å². The Labute approximate surface area is 110 Å². The topological polar surface area (TPSA) is 12.0 Å². The SMILES string of the molecule is CCC1CCC(C(NC)c2ccccc2Cl)C1. The second kappa shape index (κ2) is 5.88. The molecule has 2 heteroatoms. The zero-order chi connectivity index (χ0) is 12.3. The molecule has 0 radical (unpaired) electrons. The first-order chi connectivity index (χ1) is 8.26. The maximum absolute atomic E-state index is 6.31. The molecule has 1 fully saturated rings. The van der Waals surface area contributed by atoms with E-state index in [1.54, 1.807) is 0 Å². The largest absolute Gasteiger partial charge is 0.313 e. The van der Waals surface area contributed by atoms with Crippen molar-refractivity contribution in [1.82, 2.24) is 5.32 Å². The molecule has 0 spiro atoms. The van der Waals surface area contributed by atoms with Gasteiger partial charge in [-0.05, 0) is 43.4 Å². The predicted octanol–water partition coefficient (Wildman–Crippen LogP) is 4.43. The van der Waals surface area contributed by atoms with Gasteiger partial charge in [0, 0.05) is 11.1 Å². The van der Waals surface area contributed by atoms with Crippen LogP contribution in [0.1, 0.15) is 44.2 Å². The van der Waals surface area contributed by atoms with Crippen LogP contribution in [0.3, 0.4) is 0 Å². The van der Waals surface area contributed by atoms with Crippen LogP contribution in [0.4, 0.5) is 0 Å². The normalized spacial score (nSPS) is 26.1. The molecule has 1 saturated carbocycles. The predicted molar refractivity (Wildman–Crippen MR) is 74.4 cm³/mol. The lowest BCUT2D eigenvalue weighted by Gasteiger charge is -2.24. The summed E-state index contributed by atoms with van der Waals surface area (Å²) in [6.45, 7) is 2.30. The first-order valence-electron chi connectivity index (χ1n) is 6.68. The Hall–Kier alpha value is -0.530. The Bertz CT molecular complexity index is 364. The molecule has 0 heterocycles. The minimum atomic E-state index is 0.417. The van der Waals surface area contributed by atoms with E-state index in [4.69, 9.17) is 11.6 Å². The summed E-state index contributed by atoms with van der Waals surface area (Å²) in [6, 6.07) is 8.65. The zero-order valence-electron chi connectivity index (χ0n) is 10.7. The summed E-state index contributed by atoms with van der Waals surface area (Å²) >= 11 is 6.31. The molecular formula is C15H22ClN. The molecule has 3 atom stereocenters. The molecule has 2 rings (SSSR count). The summed E-state index contributed by atoms with van der Waals surface area (Å²) in [5.41, 5.74) is 1.26. The molecule has 0 aliphatic heterocycles. The van der Waals surface area contributed by atoms with Gasteiger partial charge in [-0.2, -0.15) is 0 Å². The summed E-state index contributed by atoms with van der Waals surface area (Å²) in [7, 11) is 2.05. The lowest BCUT2D eigenvalue weighted by Crippen LogP contribution is -2.24. The van der Waals surface area contributed by atoms with Crippen LogP contribution in [0.15, 0.2) is 24.3 Å². The Morgan fingerprint density at radius 2 is 2.12 bits per heavy atom. The van der Waals surface area contributed by atoms with Crippen molar-refractivity contribution in [2.45, 2.75) is 38.6 Å². The molecule has 1 aromatic carbocycles. The summed E-state index contributed by atoms with van der Waals surface area (Å²) in [5.74, 6) is 1.66. The maximum atomic E-state index is 6.31. The molecule has 0 bridgehead atoms. The average molecular weight is 252 g/mol. The molecule has 0 aromatic heterocycles. The number of hydrogen-bond donors (Lipinski definition) is 1. The highest BCUT2D eigenvalue weighted by molar-refractivity contribution is 6.31. The Kier molecular flexibility index (Phi) is 4.47. The van der Waals surface area contributed by atoms with E-state index in [0.717, 1.165) is 16.9 Å². The molecule has 1 aromatic rings. The van der Waals surface area contributed by atoms with E-state index in [1.807, 2.05) is 19.2 Å². The standard InChI is InChI=1S/C15H22ClN/c1-3-11-8-9-12(10-11)15(17-2)13-6-4-5-7-14(13)16/h4-7,11-12,15,17H,3,8-10H2,1-2H3. The van der Waals surface area contributed by atoms with E-state index in [1.165, 1.54) is 31.2 Å². The van der Waals surface area contributed by atoms with Crippen molar-refractivity contribution < 1.29 is 0 Å². The lowest BCUT2D eigenvalue weighted by molar-refractivity contribution is 0.372. The van der Waals surface area contributed by atoms with Crippen molar-refractivity contribution in [2.24, 2.45) is 11.8 Å². The summed E-state index contributed by atoms with van der Waals surface area (Å²) in [4.78, 5) is 0. The highest BCUT2D eigenvalue weighted by Gasteiger charge is 2.30. The van der Waals surface area contributed by atoms with Crippen molar-refractivity contribution in [2.75, 3.05) is 7.05 Å². The fourth-order valence-electron chi connectivity index (χ4n) is 3.16. The van der Waals surface area contributed by atoms with Gasteiger partial charge in [-0.3, -0.25) is 0 Å². The van der Waals surface area contributed by atoms with Crippen LogP contribution >= 0.6 is 11.6 Å². The smallest absolute Gasteiger partial charge is 0.0453 e. The van der Waals surface area contributed by atoms with Crippen molar-refractivity contribution in [3.05, 3.63) is 34.9 Å². The van der Waals surface area contributed by atoms with E-state index >= 15 is 0 Å². The average Bonchev–Trinajstić information content (AvgIpc) is 2.81. The summed E-state index contributed by atoms with van der Waals surface area (Å²) in [6.07, 6.45) is 5.36. The second-order valence-corrected chi connectivity index (χ2v) is 5.54. The summed E-state index contributed by atoms with van der Waals surface area (Å²) < 4.78 is 0. The fourth-order valence-corrected chi connectivity index (χ4v) is 3.41. The minimum Gasteiger partial charge on any atom is -0.313 e. The van der Waals surface area contributed by atoms with Gasteiger partial charge in [-0.25, -0.2) is 0 Å². The quantitative estimate of drug-likeness (QED) is 0.835. The van der Waals surface area contributed by atoms with Gasteiger partial charge >= 0.3 is 0 Å². The Balaban J connectivity index is 2.15. The highest BCUT2D eigenvalue weighted by Crippen LogP contribution is 2.41. The monoisotopic (exact) mass is 251 g/mol. The van der Waals surface area contributed by atoms with Crippen LogP contribution < -0.4 is 5.32 Å². The summed E-state index contributed by atoms with van der Waals surface area (Å²) in [5, 5.41) is 4.36. The van der Waals surface area contributed by atoms with Gasteiger partial charge in [0.15, 0.2) is 0 Å². The van der Waals surface area contributed by atoms with Crippen molar-refractivity contribution in [3.8, 4) is 0 Å². The lowest BCUT2D eigenvalue weighted by atomic mass is 9.90. The molecule has 0 saturated heterocycles. The van der Waals surface area contributed by atoms with Crippen molar-refractivity contribution in [1.29, 1.82) is 0 Å². The minimum absolute atomic E-state index is 0.417. The van der Waals surface area contributed by atoms with Gasteiger partial charge < -0.3 is 5.32 Å². The molecule has 0 amide bonds. The zero-order valence-corrected chi connectivity index (χ0v) is 11.5. The molecule has 17 heavy (non-hydrogen) atoms. The van der Waals surface area contributed by atoms with Crippen LogP contribution in [0, 0.1) is 11.8 Å². The third-order valence-corrected chi connectivity index (χ3v) is 4.53. The number of nitrogens with one attached hydrogen (secondary N) is 1. The number of halogens is 1. The first-order valence-corrected chi connectivity index (χ1v) is 7.05. The van der Waals surface area contributed by atoms with Crippen LogP contribution in [0.2, 0.25) is 5.02 Å². The maximum Gasteiger partial charge on any atom is 0.0453 e. The molecule has 1 aliphatic rings. The molecule has 3 unspecified atom stereocenters. The molecular weight excluding hydrogens is 230 g/mol. The first kappa shape index (κ1) is 12.9. The number of hydrogen-bond acceptors (Lipinski definition) is 1. The number of benzene rings is 1. The molecule has 94 valence electrons. The van der Waals surface area contributed by atoms with Crippen molar-refractivity contribution in [3.63, 3.8) is 0 Å². The molecule has 1 N–H and O–H groups in total. The van der Waals surface area contributed by atoms with Gasteiger partial charge in [-0.15, -0.1) is 0 Å². The Morgan fingerprint density at radius 1 is 1.35 bits per heavy atom. The van der Waals surface area contributed by atoms with E-state index < -0.39 is 0 Å². The fraction of sp³-hybridized carbons (Fsp3) is 0.600. The van der Waals surface area contributed by atoms with Crippen LogP contribution in [0.5, 0.6) is 0 Å². The van der Waals surface area contributed by atoms with Gasteiger partial charge in [0.05, 0.1) is 0 Å². The molecule has 1 aliphatic carbocycles. The molecule has 1 nitrogen and oxygen atoms in total. The van der Waals surface area contributed by atoms with E-state index in [9.17, 15) is 0 Å². The van der Waals surface area contributed by atoms with Crippen LogP contribution in [-0.4, -0.2) is 7.05 Å². The van der Waals surface area contributed by atoms with Gasteiger partial charge in [0.1, 0.15) is 0 Å². The van der Waals surface area contributed by atoms with E-state index in [0.29, 0.717) is 6.04 Å². The van der Waals surface area contributed by atoms with Crippen LogP contribution in [0.25, 0.3) is 0 Å². The third kappa shape index (κ3) is 2.83. The van der Waals surface area contributed by atoms with Gasteiger partial charge in [0.2, 0.25) is 0 Å². The van der Waals surface area contributed by atoms with E-state index in [2.05, 4.69) is 24.4 Å². The van der Waals surface area contributed by atoms with Gasteiger partial charge in [0.25, 0.3) is 0 Å². The van der Waals surface area contributed by atoms with Crippen LogP contribution in [-0.2, 0) is 0 Å². The highest BCUT2D eigenvalue weighted by atomic mass is 35.5. The van der Waals surface area contributed by atoms with E-state index in [-0.39, 0.29) is 0 Å². The third-order valence-electron chi connectivity index (χ3n) is 4.18. The van der Waals surface area contributed by atoms with Gasteiger partial charge in [-0.1, -0.05) is 49.6 Å². The Morgan fingerprint density at radius 3 is 2.71 bits per heavy atom. The number of rotatable bonds is 4. The second-order valence-electron chi connectivity index (χ2n) is 5.14.